The van der Waals surface area contributed by atoms with Crippen LogP contribution in [0.2, 0.25) is 0 Å². The Labute approximate surface area is 161 Å². The van der Waals surface area contributed by atoms with E-state index in [0.717, 1.165) is 4.70 Å². The van der Waals surface area contributed by atoms with E-state index in [0.29, 0.717) is 27.0 Å². The molecule has 1 aromatic heterocycles. The van der Waals surface area contributed by atoms with Gasteiger partial charge in [0.05, 0.1) is 20.4 Å². The molecule has 0 spiro atoms. The minimum Gasteiger partial charge on any atom is -0.454 e. The number of rotatable bonds is 5. The fraction of sp³-hybridized carbons (Fsp3) is 0.176. The highest BCUT2D eigenvalue weighted by atomic mass is 32.2. The number of thioether (sulfide) groups is 1. The van der Waals surface area contributed by atoms with E-state index in [4.69, 9.17) is 9.47 Å². The van der Waals surface area contributed by atoms with Gasteiger partial charge < -0.3 is 14.8 Å². The summed E-state index contributed by atoms with van der Waals surface area (Å²) < 4.78 is 11.9. The average Bonchev–Trinajstić information content (AvgIpc) is 3.26. The molecule has 3 aromatic rings. The summed E-state index contributed by atoms with van der Waals surface area (Å²) in [6.07, 6.45) is 0. The molecule has 27 heavy (non-hydrogen) atoms. The van der Waals surface area contributed by atoms with Gasteiger partial charge in [0.15, 0.2) is 15.8 Å². The molecule has 8 nitrogen and oxygen atoms in total. The summed E-state index contributed by atoms with van der Waals surface area (Å²) in [5, 5.41) is 13.3. The Morgan fingerprint density at radius 2 is 2.11 bits per heavy atom. The minimum absolute atomic E-state index is 0.0244. The van der Waals surface area contributed by atoms with Crippen molar-refractivity contribution in [1.82, 2.24) is 4.98 Å². The molecule has 0 unspecified atom stereocenters. The van der Waals surface area contributed by atoms with Crippen LogP contribution in [0.3, 0.4) is 0 Å². The van der Waals surface area contributed by atoms with Gasteiger partial charge in [-0.2, -0.15) is 0 Å². The summed E-state index contributed by atoms with van der Waals surface area (Å²) in [7, 11) is 0. The number of nitrogens with one attached hydrogen (secondary N) is 1. The highest BCUT2D eigenvalue weighted by molar-refractivity contribution is 8.02. The smallest absolute Gasteiger partial charge is 0.270 e. The fourth-order valence-corrected chi connectivity index (χ4v) is 4.72. The molecule has 2 heterocycles. The van der Waals surface area contributed by atoms with Crippen LogP contribution in [-0.4, -0.2) is 27.9 Å². The molecule has 10 heteroatoms. The number of nitro groups is 1. The second-order valence-electron chi connectivity index (χ2n) is 5.71. The van der Waals surface area contributed by atoms with E-state index in [9.17, 15) is 14.9 Å². The van der Waals surface area contributed by atoms with Gasteiger partial charge >= 0.3 is 0 Å². The number of hydrogen-bond donors (Lipinski definition) is 1. The summed E-state index contributed by atoms with van der Waals surface area (Å²) in [5.41, 5.74) is 1.32. The number of carbonyl (C=O) groups is 1. The largest absolute Gasteiger partial charge is 0.454 e. The lowest BCUT2D eigenvalue weighted by molar-refractivity contribution is -0.384. The van der Waals surface area contributed by atoms with Crippen molar-refractivity contribution in [3.05, 3.63) is 46.5 Å². The fourth-order valence-electron chi connectivity index (χ4n) is 2.48. The van der Waals surface area contributed by atoms with Crippen molar-refractivity contribution in [2.75, 3.05) is 12.1 Å². The summed E-state index contributed by atoms with van der Waals surface area (Å²) in [6.45, 7) is 1.95. The number of aromatic nitrogens is 1. The molecule has 1 N–H and O–H groups in total. The van der Waals surface area contributed by atoms with Gasteiger partial charge in [-0.15, -0.1) is 11.3 Å². The van der Waals surface area contributed by atoms with Crippen molar-refractivity contribution in [2.24, 2.45) is 0 Å². The molecule has 1 atom stereocenters. The highest BCUT2D eigenvalue weighted by Crippen LogP contribution is 2.36. The molecule has 1 aliphatic rings. The van der Waals surface area contributed by atoms with E-state index in [1.54, 1.807) is 31.2 Å². The van der Waals surface area contributed by atoms with Crippen LogP contribution in [-0.2, 0) is 4.79 Å². The number of nitro benzene ring substituents is 1. The highest BCUT2D eigenvalue weighted by Gasteiger charge is 2.19. The number of hydrogen-bond acceptors (Lipinski definition) is 8. The van der Waals surface area contributed by atoms with E-state index >= 15 is 0 Å². The third kappa shape index (κ3) is 3.67. The van der Waals surface area contributed by atoms with Crippen LogP contribution < -0.4 is 14.8 Å². The average molecular weight is 403 g/mol. The molecule has 0 fully saturated rings. The number of amides is 1. The molecule has 0 aliphatic carbocycles. The van der Waals surface area contributed by atoms with Crippen LogP contribution in [0.25, 0.3) is 10.2 Å². The van der Waals surface area contributed by atoms with Crippen molar-refractivity contribution in [2.45, 2.75) is 16.5 Å². The third-order valence-electron chi connectivity index (χ3n) is 3.85. The summed E-state index contributed by atoms with van der Waals surface area (Å²) in [6, 6.07) is 9.75. The van der Waals surface area contributed by atoms with Gasteiger partial charge in [-0.05, 0) is 25.1 Å². The Bertz CT molecular complexity index is 1050. The topological polar surface area (TPSA) is 104 Å². The van der Waals surface area contributed by atoms with Crippen molar-refractivity contribution >= 4 is 50.6 Å². The molecule has 4 rings (SSSR count). The van der Waals surface area contributed by atoms with Crippen molar-refractivity contribution in [3.63, 3.8) is 0 Å². The van der Waals surface area contributed by atoms with Gasteiger partial charge in [0.2, 0.25) is 12.7 Å². The quantitative estimate of drug-likeness (QED) is 0.389. The molecule has 0 bridgehead atoms. The van der Waals surface area contributed by atoms with Crippen LogP contribution in [0.15, 0.2) is 40.7 Å². The summed E-state index contributed by atoms with van der Waals surface area (Å²) in [4.78, 5) is 27.3. The number of non-ortho nitro benzene ring substituents is 1. The maximum absolute atomic E-state index is 12.5. The van der Waals surface area contributed by atoms with Crippen LogP contribution in [0.5, 0.6) is 11.5 Å². The summed E-state index contributed by atoms with van der Waals surface area (Å²) in [5.74, 6) is 1.07. The molecular formula is C17H13N3O5S2. The molecule has 0 radical (unpaired) electrons. The van der Waals surface area contributed by atoms with E-state index < -0.39 is 10.2 Å². The van der Waals surface area contributed by atoms with E-state index in [1.165, 1.54) is 35.2 Å². The maximum atomic E-state index is 12.5. The number of fused-ring (bicyclic) bond motifs is 2. The zero-order valence-corrected chi connectivity index (χ0v) is 15.6. The normalized spacial score (nSPS) is 13.5. The van der Waals surface area contributed by atoms with Gasteiger partial charge in [-0.1, -0.05) is 11.8 Å². The van der Waals surface area contributed by atoms with Crippen LogP contribution >= 0.6 is 23.1 Å². The molecule has 0 saturated heterocycles. The first-order valence-corrected chi connectivity index (χ1v) is 9.61. The lowest BCUT2D eigenvalue weighted by Crippen LogP contribution is -2.22. The first kappa shape index (κ1) is 17.6. The third-order valence-corrected chi connectivity index (χ3v) is 6.06. The Kier molecular flexibility index (Phi) is 4.58. The predicted octanol–water partition coefficient (Wildman–Crippen LogP) is 4.05. The van der Waals surface area contributed by atoms with E-state index in [-0.39, 0.29) is 18.4 Å². The molecule has 138 valence electrons. The predicted molar refractivity (Wildman–Crippen MR) is 103 cm³/mol. The second kappa shape index (κ2) is 7.05. The van der Waals surface area contributed by atoms with Gasteiger partial charge in [0.1, 0.15) is 0 Å². The van der Waals surface area contributed by atoms with Gasteiger partial charge in [-0.25, -0.2) is 4.98 Å². The Hall–Kier alpha value is -2.85. The first-order chi connectivity index (χ1) is 13.0. The zero-order chi connectivity index (χ0) is 19.0. The number of nitrogens with zero attached hydrogens (tertiary/aromatic N) is 2. The maximum Gasteiger partial charge on any atom is 0.270 e. The monoisotopic (exact) mass is 403 g/mol. The molecular weight excluding hydrogens is 390 g/mol. The van der Waals surface area contributed by atoms with Crippen molar-refractivity contribution < 1.29 is 19.2 Å². The number of carbonyl (C=O) groups excluding carboxylic acids is 1. The summed E-state index contributed by atoms with van der Waals surface area (Å²) >= 11 is 2.63. The molecule has 1 amide bonds. The Morgan fingerprint density at radius 3 is 2.93 bits per heavy atom. The number of thiazole rings is 1. The number of benzene rings is 2. The molecule has 1 aliphatic heterocycles. The van der Waals surface area contributed by atoms with E-state index in [2.05, 4.69) is 10.3 Å². The Morgan fingerprint density at radius 1 is 1.30 bits per heavy atom. The van der Waals surface area contributed by atoms with Crippen molar-refractivity contribution in [1.29, 1.82) is 0 Å². The first-order valence-electron chi connectivity index (χ1n) is 7.92. The van der Waals surface area contributed by atoms with Gasteiger partial charge in [0, 0.05) is 23.9 Å². The standard InChI is InChI=1S/C17H13N3O5S2/c1-9(16(21)18-10-2-5-13-14(6-10)25-8-24-13)26-17-19-12-4-3-11(20(22)23)7-15(12)27-17/h2-7,9H,8H2,1H3,(H,18,21)/t9-/m0/s1. The van der Waals surface area contributed by atoms with Crippen LogP contribution in [0, 0.1) is 10.1 Å². The Balaban J connectivity index is 1.45. The van der Waals surface area contributed by atoms with Crippen molar-refractivity contribution in [3.8, 4) is 11.5 Å². The zero-order valence-electron chi connectivity index (χ0n) is 14.0. The number of anilines is 1. The number of ether oxygens (including phenoxy) is 2. The van der Waals surface area contributed by atoms with Gasteiger partial charge in [-0.3, -0.25) is 14.9 Å². The molecule has 2 aromatic carbocycles. The minimum atomic E-state index is -0.437. The SMILES string of the molecule is C[C@H](Sc1nc2ccc([N+](=O)[O-])cc2s1)C(=O)Nc1ccc2c(c1)OCO2. The lowest BCUT2D eigenvalue weighted by Gasteiger charge is -2.10. The van der Waals surface area contributed by atoms with Gasteiger partial charge in [0.25, 0.3) is 5.69 Å². The molecule has 0 saturated carbocycles. The van der Waals surface area contributed by atoms with E-state index in [1.807, 2.05) is 0 Å². The van der Waals surface area contributed by atoms with Crippen LogP contribution in [0.4, 0.5) is 11.4 Å². The second-order valence-corrected chi connectivity index (χ2v) is 8.32. The van der Waals surface area contributed by atoms with Crippen LogP contribution in [0.1, 0.15) is 6.92 Å². The lowest BCUT2D eigenvalue weighted by atomic mass is 10.2.